The Morgan fingerprint density at radius 2 is 1.60 bits per heavy atom. The Morgan fingerprint density at radius 3 is 2.33 bits per heavy atom. The Morgan fingerprint density at radius 1 is 0.900 bits per heavy atom. The van der Waals surface area contributed by atoms with Crippen LogP contribution in [0.2, 0.25) is 0 Å². The summed E-state index contributed by atoms with van der Waals surface area (Å²) >= 11 is 0. The van der Waals surface area contributed by atoms with Crippen molar-refractivity contribution in [2.45, 2.75) is 6.42 Å². The summed E-state index contributed by atoms with van der Waals surface area (Å²) in [5.74, 6) is 1.51. The zero-order valence-electron chi connectivity index (χ0n) is 17.5. The molecular weight excluding hydrogens is 374 g/mol. The summed E-state index contributed by atoms with van der Waals surface area (Å²) in [6, 6.07) is 26.5. The van der Waals surface area contributed by atoms with Gasteiger partial charge in [-0.25, -0.2) is 5.01 Å². The Bertz CT molecular complexity index is 985. The van der Waals surface area contributed by atoms with Gasteiger partial charge in [0.05, 0.1) is 12.3 Å². The van der Waals surface area contributed by atoms with Crippen molar-refractivity contribution in [2.75, 3.05) is 39.0 Å². The molecule has 4 rings (SSSR count). The molecule has 0 unspecified atom stereocenters. The van der Waals surface area contributed by atoms with Crippen LogP contribution in [0.4, 0.5) is 5.69 Å². The molecule has 0 aliphatic carbocycles. The second-order valence-electron chi connectivity index (χ2n) is 7.49. The summed E-state index contributed by atoms with van der Waals surface area (Å²) in [7, 11) is 4.14. The predicted molar refractivity (Wildman–Crippen MR) is 122 cm³/mol. The molecule has 3 aromatic carbocycles. The van der Waals surface area contributed by atoms with Crippen molar-refractivity contribution in [3.8, 4) is 16.9 Å². The van der Waals surface area contributed by atoms with E-state index in [0.717, 1.165) is 41.1 Å². The van der Waals surface area contributed by atoms with E-state index >= 15 is 0 Å². The van der Waals surface area contributed by atoms with Gasteiger partial charge in [0.15, 0.2) is 6.73 Å². The summed E-state index contributed by atoms with van der Waals surface area (Å²) in [6.07, 6.45) is 1.00. The van der Waals surface area contributed by atoms with Crippen molar-refractivity contribution in [2.24, 2.45) is 5.10 Å². The second-order valence-corrected chi connectivity index (χ2v) is 7.49. The van der Waals surface area contributed by atoms with E-state index in [1.54, 1.807) is 0 Å². The molecule has 0 aromatic heterocycles. The maximum atomic E-state index is 5.94. The van der Waals surface area contributed by atoms with Crippen molar-refractivity contribution in [3.63, 3.8) is 0 Å². The lowest BCUT2D eigenvalue weighted by Crippen LogP contribution is -2.15. The number of benzene rings is 3. The van der Waals surface area contributed by atoms with Crippen LogP contribution in [0.25, 0.3) is 11.1 Å². The van der Waals surface area contributed by atoms with Crippen molar-refractivity contribution in [3.05, 3.63) is 84.4 Å². The van der Waals surface area contributed by atoms with Gasteiger partial charge in [-0.3, -0.25) is 0 Å². The highest BCUT2D eigenvalue weighted by molar-refractivity contribution is 6.02. The quantitative estimate of drug-likeness (QED) is 0.506. The molecule has 1 aliphatic rings. The molecule has 0 N–H and O–H groups in total. The lowest BCUT2D eigenvalue weighted by Gasteiger charge is -2.13. The third kappa shape index (κ3) is 4.81. The van der Waals surface area contributed by atoms with E-state index in [4.69, 9.17) is 14.6 Å². The molecule has 30 heavy (non-hydrogen) atoms. The minimum absolute atomic E-state index is 0.390. The van der Waals surface area contributed by atoms with Crippen LogP contribution in [0.1, 0.15) is 12.0 Å². The molecule has 3 aromatic rings. The lowest BCUT2D eigenvalue weighted by molar-refractivity contribution is 0.281. The Balaban J connectivity index is 1.46. The normalized spacial score (nSPS) is 13.3. The van der Waals surface area contributed by atoms with E-state index in [9.17, 15) is 0 Å². The molecule has 0 amide bonds. The molecular formula is C25H27N3O2. The smallest absolute Gasteiger partial charge is 0.241 e. The third-order valence-corrected chi connectivity index (χ3v) is 4.93. The van der Waals surface area contributed by atoms with Gasteiger partial charge < -0.3 is 14.4 Å². The van der Waals surface area contributed by atoms with Gasteiger partial charge in [0.2, 0.25) is 5.90 Å². The number of hydrogen-bond donors (Lipinski definition) is 0. The molecule has 5 nitrogen and oxygen atoms in total. The monoisotopic (exact) mass is 401 g/mol. The summed E-state index contributed by atoms with van der Waals surface area (Å²) in [4.78, 5) is 2.16. The fourth-order valence-electron chi connectivity index (χ4n) is 3.38. The number of rotatable bonds is 8. The summed E-state index contributed by atoms with van der Waals surface area (Å²) in [6.45, 7) is 2.12. The van der Waals surface area contributed by atoms with Crippen LogP contribution in [-0.2, 0) is 4.74 Å². The van der Waals surface area contributed by atoms with Crippen LogP contribution in [0.5, 0.6) is 5.75 Å². The average molecular weight is 402 g/mol. The van der Waals surface area contributed by atoms with Gasteiger partial charge in [0.1, 0.15) is 5.75 Å². The Hall–Kier alpha value is -3.31. The maximum Gasteiger partial charge on any atom is 0.241 e. The molecule has 1 aliphatic heterocycles. The molecule has 0 saturated carbocycles. The van der Waals surface area contributed by atoms with Gasteiger partial charge in [-0.2, -0.15) is 0 Å². The lowest BCUT2D eigenvalue weighted by atomic mass is 10.00. The number of hydrazone groups is 1. The van der Waals surface area contributed by atoms with Gasteiger partial charge in [0.25, 0.3) is 0 Å². The molecule has 0 fully saturated rings. The van der Waals surface area contributed by atoms with Gasteiger partial charge in [-0.15, -0.1) is 5.10 Å². The van der Waals surface area contributed by atoms with Crippen LogP contribution in [0, 0.1) is 0 Å². The average Bonchev–Trinajstić information content (AvgIpc) is 3.28. The SMILES string of the molecule is CN(C)CCCOc1ccc(N2COC(c3ccccc3-c3ccccc3)=N2)cc1. The largest absolute Gasteiger partial charge is 0.494 e. The molecule has 1 heterocycles. The number of anilines is 1. The standard InChI is InChI=1S/C25H27N3O2/c1-27(2)17-8-18-29-22-15-13-21(14-16-22)28-19-30-25(26-28)24-12-7-6-11-23(24)20-9-4-3-5-10-20/h3-7,9-16H,8,17-19H2,1-2H3. The predicted octanol–water partition coefficient (Wildman–Crippen LogP) is 4.84. The number of hydrogen-bond acceptors (Lipinski definition) is 5. The molecule has 154 valence electrons. The molecule has 5 heteroatoms. The third-order valence-electron chi connectivity index (χ3n) is 4.93. The molecule has 0 saturated heterocycles. The van der Waals surface area contributed by atoms with Crippen LogP contribution in [0.15, 0.2) is 84.0 Å². The van der Waals surface area contributed by atoms with Crippen molar-refractivity contribution < 1.29 is 9.47 Å². The zero-order valence-corrected chi connectivity index (χ0v) is 17.5. The molecule has 0 radical (unpaired) electrons. The number of nitrogens with zero attached hydrogens (tertiary/aromatic N) is 3. The van der Waals surface area contributed by atoms with Gasteiger partial charge in [0, 0.05) is 12.1 Å². The summed E-state index contributed by atoms with van der Waals surface area (Å²) in [5.41, 5.74) is 4.23. The Kier molecular flexibility index (Phi) is 6.30. The fourth-order valence-corrected chi connectivity index (χ4v) is 3.38. The first-order valence-electron chi connectivity index (χ1n) is 10.2. The molecule has 0 bridgehead atoms. The van der Waals surface area contributed by atoms with E-state index in [1.165, 1.54) is 0 Å². The van der Waals surface area contributed by atoms with Crippen molar-refractivity contribution in [1.29, 1.82) is 0 Å². The van der Waals surface area contributed by atoms with Crippen molar-refractivity contribution >= 4 is 11.6 Å². The minimum atomic E-state index is 0.390. The topological polar surface area (TPSA) is 37.3 Å². The van der Waals surface area contributed by atoms with E-state index in [1.807, 2.05) is 59.6 Å². The highest BCUT2D eigenvalue weighted by Crippen LogP contribution is 2.28. The molecule has 0 spiro atoms. The summed E-state index contributed by atoms with van der Waals surface area (Å²) in [5, 5.41) is 6.59. The van der Waals surface area contributed by atoms with Crippen molar-refractivity contribution in [1.82, 2.24) is 4.90 Å². The van der Waals surface area contributed by atoms with Crippen LogP contribution < -0.4 is 9.75 Å². The van der Waals surface area contributed by atoms with E-state index in [0.29, 0.717) is 19.2 Å². The highest BCUT2D eigenvalue weighted by atomic mass is 16.5. The zero-order chi connectivity index (χ0) is 20.8. The maximum absolute atomic E-state index is 5.94. The van der Waals surface area contributed by atoms with E-state index in [2.05, 4.69) is 43.3 Å². The van der Waals surface area contributed by atoms with Gasteiger partial charge in [-0.05, 0) is 62.0 Å². The summed E-state index contributed by atoms with van der Waals surface area (Å²) < 4.78 is 11.8. The first kappa shape index (κ1) is 20.0. The van der Waals surface area contributed by atoms with Crippen LogP contribution >= 0.6 is 0 Å². The van der Waals surface area contributed by atoms with Crippen LogP contribution in [-0.4, -0.2) is 44.8 Å². The minimum Gasteiger partial charge on any atom is -0.494 e. The first-order chi connectivity index (χ1) is 14.7. The van der Waals surface area contributed by atoms with Crippen LogP contribution in [0.3, 0.4) is 0 Å². The fraction of sp³-hybridized carbons (Fsp3) is 0.240. The second kappa shape index (κ2) is 9.46. The Labute approximate surface area is 178 Å². The van der Waals surface area contributed by atoms with Gasteiger partial charge in [-0.1, -0.05) is 48.5 Å². The first-order valence-corrected chi connectivity index (χ1v) is 10.2. The number of ether oxygens (including phenoxy) is 2. The van der Waals surface area contributed by atoms with E-state index in [-0.39, 0.29) is 0 Å². The van der Waals surface area contributed by atoms with E-state index < -0.39 is 0 Å². The van der Waals surface area contributed by atoms with Gasteiger partial charge >= 0.3 is 0 Å². The molecule has 0 atom stereocenters. The highest BCUT2D eigenvalue weighted by Gasteiger charge is 2.21.